The molecule has 0 aliphatic rings. The summed E-state index contributed by atoms with van der Waals surface area (Å²) in [7, 11) is 4.49. The Morgan fingerprint density at radius 1 is 1.03 bits per heavy atom. The number of nitrogens with one attached hydrogen (secondary N) is 2. The molecule has 0 spiro atoms. The van der Waals surface area contributed by atoms with Gasteiger partial charge in [0.1, 0.15) is 0 Å². The topological polar surface area (TPSA) is 78.1 Å². The van der Waals surface area contributed by atoms with Crippen molar-refractivity contribution >= 4 is 5.91 Å². The molecule has 0 radical (unpaired) electrons. The van der Waals surface area contributed by atoms with E-state index < -0.39 is 31.5 Å². The Labute approximate surface area is 208 Å². The normalized spacial score (nSPS) is 12.6. The third-order valence-electron chi connectivity index (χ3n) is 4.77. The first kappa shape index (κ1) is 33.0. The monoisotopic (exact) mass is 508 g/mol. The Hall–Kier alpha value is -2.04. The molecule has 0 aliphatic carbocycles. The first-order valence-electron chi connectivity index (χ1n) is 11.8. The molecule has 1 amide bonds. The Balaban J connectivity index is 0.00000562. The van der Waals surface area contributed by atoms with Crippen LogP contribution in [0, 0.1) is 5.41 Å². The largest absolute Gasteiger partial charge is 0.493 e. The van der Waals surface area contributed by atoms with Crippen molar-refractivity contribution in [2.24, 2.45) is 5.41 Å². The molecular formula is C25H43F3N2O5. The number of halogens is 3. The number of amides is 1. The zero-order chi connectivity index (χ0) is 27.1. The summed E-state index contributed by atoms with van der Waals surface area (Å²) in [5.41, 5.74) is 0.723. The summed E-state index contributed by atoms with van der Waals surface area (Å²) >= 11 is 0. The summed E-state index contributed by atoms with van der Waals surface area (Å²) in [6.45, 7) is 10.4. The van der Waals surface area contributed by atoms with Crippen LogP contribution in [0.3, 0.4) is 0 Å². The van der Waals surface area contributed by atoms with Gasteiger partial charge >= 0.3 is 6.18 Å². The highest BCUT2D eigenvalue weighted by atomic mass is 19.4. The van der Waals surface area contributed by atoms with Gasteiger partial charge in [-0.15, -0.1) is 0 Å². The fourth-order valence-electron chi connectivity index (χ4n) is 3.09. The van der Waals surface area contributed by atoms with E-state index in [4.69, 9.17) is 18.9 Å². The highest BCUT2D eigenvalue weighted by molar-refractivity contribution is 5.81. The molecule has 0 aliphatic heterocycles. The third-order valence-corrected chi connectivity index (χ3v) is 4.77. The molecular weight excluding hydrogens is 465 g/mol. The number of hydrogen-bond acceptors (Lipinski definition) is 6. The van der Waals surface area contributed by atoms with Crippen molar-refractivity contribution in [2.45, 2.75) is 72.4 Å². The highest BCUT2D eigenvalue weighted by Gasteiger charge is 2.27. The van der Waals surface area contributed by atoms with Gasteiger partial charge in [0.05, 0.1) is 26.2 Å². The van der Waals surface area contributed by atoms with Crippen molar-refractivity contribution in [3.63, 3.8) is 0 Å². The van der Waals surface area contributed by atoms with Crippen LogP contribution in [0.15, 0.2) is 18.2 Å². The van der Waals surface area contributed by atoms with Gasteiger partial charge in [0.25, 0.3) is 0 Å². The van der Waals surface area contributed by atoms with Gasteiger partial charge in [0.2, 0.25) is 5.91 Å². The molecule has 0 saturated heterocycles. The lowest BCUT2D eigenvalue weighted by molar-refractivity contribution is -0.139. The minimum Gasteiger partial charge on any atom is -0.493 e. The van der Waals surface area contributed by atoms with E-state index in [0.29, 0.717) is 31.7 Å². The number of carbonyl (C=O) groups is 1. The number of methoxy groups -OCH3 is 3. The van der Waals surface area contributed by atoms with Crippen LogP contribution >= 0.6 is 0 Å². The number of benzene rings is 1. The lowest BCUT2D eigenvalue weighted by Gasteiger charge is -2.27. The summed E-state index contributed by atoms with van der Waals surface area (Å²) in [4.78, 5) is 12.8. The quantitative estimate of drug-likeness (QED) is 0.354. The summed E-state index contributed by atoms with van der Waals surface area (Å²) in [5.74, 6) is 0.444. The van der Waals surface area contributed by atoms with Crippen molar-refractivity contribution in [3.8, 4) is 11.5 Å². The fourth-order valence-corrected chi connectivity index (χ4v) is 3.09. The van der Waals surface area contributed by atoms with Crippen LogP contribution in [0.4, 0.5) is 13.2 Å². The molecule has 0 bridgehead atoms. The third kappa shape index (κ3) is 14.8. The van der Waals surface area contributed by atoms with Crippen LogP contribution in [-0.4, -0.2) is 65.4 Å². The fraction of sp³-hybridized carbons (Fsp3) is 0.720. The molecule has 10 heteroatoms. The summed E-state index contributed by atoms with van der Waals surface area (Å²) in [6.07, 6.45) is -4.72. The zero-order valence-electron chi connectivity index (χ0n) is 22.3. The van der Waals surface area contributed by atoms with Crippen molar-refractivity contribution in [1.29, 1.82) is 0 Å². The van der Waals surface area contributed by atoms with E-state index in [-0.39, 0.29) is 17.1 Å². The maximum atomic E-state index is 12.8. The maximum Gasteiger partial charge on any atom is 0.392 e. The smallest absolute Gasteiger partial charge is 0.392 e. The summed E-state index contributed by atoms with van der Waals surface area (Å²) in [6, 6.07) is 4.62. The molecule has 1 unspecified atom stereocenters. The first-order valence-corrected chi connectivity index (χ1v) is 11.8. The van der Waals surface area contributed by atoms with E-state index in [9.17, 15) is 18.0 Å². The molecule has 0 saturated carbocycles. The number of alkyl halides is 3. The Kier molecular flexibility index (Phi) is 15.6. The van der Waals surface area contributed by atoms with E-state index in [0.717, 1.165) is 5.56 Å². The van der Waals surface area contributed by atoms with Gasteiger partial charge in [-0.05, 0) is 36.0 Å². The number of ether oxygens (including phenoxy) is 4. The van der Waals surface area contributed by atoms with Crippen molar-refractivity contribution in [1.82, 2.24) is 10.6 Å². The minimum atomic E-state index is -4.29. The van der Waals surface area contributed by atoms with E-state index >= 15 is 0 Å². The standard InChI is InChI=1S/C23H37F3N2O5.C2H6/c1-22(2,3)14-17(28-15-20(31-5)32-6)21(29)27-11-9-16-7-8-18(30-4)19(13-16)33-12-10-23(24,25)26;1-2/h7-8,13,17,20,28H,9-12,14-15H2,1-6H3,(H,27,29);1-2H3. The molecule has 0 heterocycles. The molecule has 1 rings (SSSR count). The maximum absolute atomic E-state index is 12.8. The van der Waals surface area contributed by atoms with Crippen molar-refractivity contribution < 1.29 is 36.9 Å². The van der Waals surface area contributed by atoms with Gasteiger partial charge < -0.3 is 29.6 Å². The van der Waals surface area contributed by atoms with Gasteiger partial charge in [-0.3, -0.25) is 4.79 Å². The van der Waals surface area contributed by atoms with Crippen LogP contribution < -0.4 is 20.1 Å². The average Bonchev–Trinajstić information content (AvgIpc) is 2.78. The van der Waals surface area contributed by atoms with Gasteiger partial charge in [-0.25, -0.2) is 0 Å². The molecule has 7 nitrogen and oxygen atoms in total. The SMILES string of the molecule is CC.COc1ccc(CCNC(=O)C(CC(C)(C)C)NCC(OC)OC)cc1OCCC(F)(F)F. The lowest BCUT2D eigenvalue weighted by Crippen LogP contribution is -2.49. The minimum absolute atomic E-state index is 0.0801. The Morgan fingerprint density at radius 2 is 1.66 bits per heavy atom. The predicted molar refractivity (Wildman–Crippen MR) is 131 cm³/mol. The van der Waals surface area contributed by atoms with Crippen molar-refractivity contribution in [3.05, 3.63) is 23.8 Å². The molecule has 1 aromatic rings. The number of hydrogen-bond donors (Lipinski definition) is 2. The average molecular weight is 509 g/mol. The van der Waals surface area contributed by atoms with Gasteiger partial charge in [-0.1, -0.05) is 40.7 Å². The first-order chi connectivity index (χ1) is 16.4. The van der Waals surface area contributed by atoms with Gasteiger partial charge in [0.15, 0.2) is 17.8 Å². The lowest BCUT2D eigenvalue weighted by atomic mass is 9.87. The van der Waals surface area contributed by atoms with E-state index in [2.05, 4.69) is 31.4 Å². The van der Waals surface area contributed by atoms with Crippen LogP contribution in [0.2, 0.25) is 0 Å². The molecule has 0 aromatic heterocycles. The molecule has 0 fully saturated rings. The van der Waals surface area contributed by atoms with Gasteiger partial charge in [-0.2, -0.15) is 13.2 Å². The second kappa shape index (κ2) is 16.6. The molecule has 2 N–H and O–H groups in total. The van der Waals surface area contributed by atoms with Crippen LogP contribution in [-0.2, 0) is 20.7 Å². The molecule has 1 atom stereocenters. The number of rotatable bonds is 14. The van der Waals surface area contributed by atoms with Crippen LogP contribution in [0.25, 0.3) is 0 Å². The molecule has 1 aromatic carbocycles. The molecule has 35 heavy (non-hydrogen) atoms. The van der Waals surface area contributed by atoms with Crippen LogP contribution in [0.5, 0.6) is 11.5 Å². The Bertz CT molecular complexity index is 720. The predicted octanol–water partition coefficient (Wildman–Crippen LogP) is 4.72. The summed E-state index contributed by atoms with van der Waals surface area (Å²) < 4.78 is 58.0. The summed E-state index contributed by atoms with van der Waals surface area (Å²) in [5, 5.41) is 6.12. The van der Waals surface area contributed by atoms with Crippen LogP contribution in [0.1, 0.15) is 53.0 Å². The molecule has 204 valence electrons. The van der Waals surface area contributed by atoms with E-state index in [1.807, 2.05) is 13.8 Å². The second-order valence-electron chi connectivity index (χ2n) is 8.87. The second-order valence-corrected chi connectivity index (χ2v) is 8.87. The Morgan fingerprint density at radius 3 is 2.17 bits per heavy atom. The van der Waals surface area contributed by atoms with Gasteiger partial charge in [0, 0.05) is 27.3 Å². The number of carbonyl (C=O) groups excluding carboxylic acids is 1. The van der Waals surface area contributed by atoms with E-state index in [1.54, 1.807) is 18.2 Å². The highest BCUT2D eigenvalue weighted by Crippen LogP contribution is 2.29. The van der Waals surface area contributed by atoms with Crippen molar-refractivity contribution in [2.75, 3.05) is 41.0 Å². The zero-order valence-corrected chi connectivity index (χ0v) is 22.3. The van der Waals surface area contributed by atoms with E-state index in [1.165, 1.54) is 21.3 Å².